The van der Waals surface area contributed by atoms with Crippen LogP contribution in [0.4, 0.5) is 36.8 Å². The fourth-order valence-electron chi connectivity index (χ4n) is 2.18. The summed E-state index contributed by atoms with van der Waals surface area (Å²) in [5.74, 6) is 0. The molecule has 0 saturated heterocycles. The highest BCUT2D eigenvalue weighted by molar-refractivity contribution is 5.90. The molecule has 2 amide bonds. The van der Waals surface area contributed by atoms with Crippen LogP contribution in [0.5, 0.6) is 0 Å². The van der Waals surface area contributed by atoms with Crippen LogP contribution in [-0.2, 0) is 12.4 Å². The summed E-state index contributed by atoms with van der Waals surface area (Å²) in [6.07, 6.45) is -7.22. The van der Waals surface area contributed by atoms with Gasteiger partial charge in [0.2, 0.25) is 0 Å². The molecule has 3 nitrogen and oxygen atoms in total. The van der Waals surface area contributed by atoms with Gasteiger partial charge in [0.1, 0.15) is 0 Å². The Morgan fingerprint density at radius 1 is 0.926 bits per heavy atom. The maximum atomic E-state index is 12.8. The molecule has 27 heavy (non-hydrogen) atoms. The van der Waals surface area contributed by atoms with Gasteiger partial charge in [0, 0.05) is 11.9 Å². The van der Waals surface area contributed by atoms with E-state index in [1.54, 1.807) is 12.1 Å². The lowest BCUT2D eigenvalue weighted by atomic mass is 10.1. The monoisotopic (exact) mass is 388 g/mol. The van der Waals surface area contributed by atoms with Crippen LogP contribution in [0.25, 0.3) is 6.08 Å². The van der Waals surface area contributed by atoms with Crippen LogP contribution in [-0.4, -0.2) is 6.03 Å². The molecule has 0 atom stereocenters. The number of carbonyl (C=O) groups is 1. The Bertz CT molecular complexity index is 823. The Labute approximate surface area is 150 Å². The Balaban J connectivity index is 2.14. The molecule has 0 fully saturated rings. The van der Waals surface area contributed by atoms with E-state index < -0.39 is 35.2 Å². The van der Waals surface area contributed by atoms with E-state index in [4.69, 9.17) is 0 Å². The zero-order valence-corrected chi connectivity index (χ0v) is 13.9. The second-order valence-corrected chi connectivity index (χ2v) is 5.64. The topological polar surface area (TPSA) is 41.1 Å². The average Bonchev–Trinajstić information content (AvgIpc) is 2.53. The normalized spacial score (nSPS) is 12.3. The summed E-state index contributed by atoms with van der Waals surface area (Å²) in [7, 11) is 0. The standard InChI is InChI=1S/C18H14F6N2O/c1-11-3-2-4-12(7-11)5-6-25-16(27)26-15-9-13(17(19,20)21)8-14(10-15)18(22,23)24/h2-10H,1H3,(H2,25,26,27)/b6-5+. The molecular weight excluding hydrogens is 374 g/mol. The van der Waals surface area contributed by atoms with Crippen molar-refractivity contribution in [3.63, 3.8) is 0 Å². The number of alkyl halides is 6. The van der Waals surface area contributed by atoms with Crippen molar-refractivity contribution < 1.29 is 31.1 Å². The van der Waals surface area contributed by atoms with Gasteiger partial charge in [-0.1, -0.05) is 29.8 Å². The summed E-state index contributed by atoms with van der Waals surface area (Å²) >= 11 is 0. The van der Waals surface area contributed by atoms with Crippen molar-refractivity contribution >= 4 is 17.8 Å². The van der Waals surface area contributed by atoms with E-state index >= 15 is 0 Å². The number of halogens is 6. The van der Waals surface area contributed by atoms with E-state index in [1.165, 1.54) is 12.3 Å². The lowest BCUT2D eigenvalue weighted by Crippen LogP contribution is -2.24. The third kappa shape index (κ3) is 6.05. The Morgan fingerprint density at radius 2 is 1.52 bits per heavy atom. The molecule has 2 rings (SSSR count). The van der Waals surface area contributed by atoms with Gasteiger partial charge < -0.3 is 10.6 Å². The predicted octanol–water partition coefficient (Wildman–Crippen LogP) is 5.83. The highest BCUT2D eigenvalue weighted by Gasteiger charge is 2.37. The van der Waals surface area contributed by atoms with Gasteiger partial charge in [-0.2, -0.15) is 26.3 Å². The fraction of sp³-hybridized carbons (Fsp3) is 0.167. The first-order chi connectivity index (χ1) is 12.4. The van der Waals surface area contributed by atoms with Gasteiger partial charge in [-0.3, -0.25) is 0 Å². The van der Waals surface area contributed by atoms with Crippen molar-refractivity contribution in [3.05, 3.63) is 70.9 Å². The smallest absolute Gasteiger partial charge is 0.314 e. The maximum absolute atomic E-state index is 12.8. The number of hydrogen-bond donors (Lipinski definition) is 2. The largest absolute Gasteiger partial charge is 0.416 e. The minimum Gasteiger partial charge on any atom is -0.314 e. The minimum atomic E-state index is -4.99. The lowest BCUT2D eigenvalue weighted by molar-refractivity contribution is -0.143. The molecule has 2 aromatic carbocycles. The molecule has 0 aliphatic rings. The van der Waals surface area contributed by atoms with Crippen molar-refractivity contribution in [3.8, 4) is 0 Å². The summed E-state index contributed by atoms with van der Waals surface area (Å²) in [6.45, 7) is 1.86. The van der Waals surface area contributed by atoms with Crippen LogP contribution in [0.2, 0.25) is 0 Å². The van der Waals surface area contributed by atoms with Gasteiger partial charge in [0.05, 0.1) is 11.1 Å². The SMILES string of the molecule is Cc1cccc(/C=C/NC(=O)Nc2cc(C(F)(F)F)cc(C(F)(F)F)c2)c1. The van der Waals surface area contributed by atoms with Crippen LogP contribution < -0.4 is 10.6 Å². The number of benzene rings is 2. The number of rotatable bonds is 3. The summed E-state index contributed by atoms with van der Waals surface area (Å²) < 4.78 is 76.7. The van der Waals surface area contributed by atoms with Gasteiger partial charge in [-0.15, -0.1) is 0 Å². The van der Waals surface area contributed by atoms with Crippen LogP contribution >= 0.6 is 0 Å². The fourth-order valence-corrected chi connectivity index (χ4v) is 2.18. The molecule has 2 N–H and O–H groups in total. The third-order valence-corrected chi connectivity index (χ3v) is 3.38. The molecule has 144 valence electrons. The van der Waals surface area contributed by atoms with Crippen LogP contribution in [0.1, 0.15) is 22.3 Å². The highest BCUT2D eigenvalue weighted by Crippen LogP contribution is 2.37. The van der Waals surface area contributed by atoms with E-state index in [0.29, 0.717) is 12.1 Å². The molecule has 0 bridgehead atoms. The molecule has 2 aromatic rings. The quantitative estimate of drug-likeness (QED) is 0.639. The van der Waals surface area contributed by atoms with E-state index in [0.717, 1.165) is 11.1 Å². The van der Waals surface area contributed by atoms with Gasteiger partial charge >= 0.3 is 18.4 Å². The predicted molar refractivity (Wildman–Crippen MR) is 88.8 cm³/mol. The minimum absolute atomic E-state index is 0.0132. The number of nitrogens with one attached hydrogen (secondary N) is 2. The molecule has 0 heterocycles. The number of aryl methyl sites for hydroxylation is 1. The number of urea groups is 1. The molecule has 0 saturated carbocycles. The summed E-state index contributed by atoms with van der Waals surface area (Å²) in [5, 5.41) is 4.19. The van der Waals surface area contributed by atoms with Crippen LogP contribution in [0.3, 0.4) is 0 Å². The third-order valence-electron chi connectivity index (χ3n) is 3.38. The van der Waals surface area contributed by atoms with Crippen LogP contribution in [0.15, 0.2) is 48.7 Å². The van der Waals surface area contributed by atoms with Crippen molar-refractivity contribution in [2.75, 3.05) is 5.32 Å². The number of carbonyl (C=O) groups excluding carboxylic acids is 1. The number of hydrogen-bond acceptors (Lipinski definition) is 1. The Morgan fingerprint density at radius 3 is 2.04 bits per heavy atom. The van der Waals surface area contributed by atoms with Gasteiger partial charge in [-0.05, 0) is 36.8 Å². The molecule has 9 heteroatoms. The van der Waals surface area contributed by atoms with Gasteiger partial charge in [-0.25, -0.2) is 4.79 Å². The summed E-state index contributed by atoms with van der Waals surface area (Å²) in [6, 6.07) is 7.09. The van der Waals surface area contributed by atoms with E-state index in [1.807, 2.05) is 24.4 Å². The zero-order valence-electron chi connectivity index (χ0n) is 13.9. The summed E-state index contributed by atoms with van der Waals surface area (Å²) in [4.78, 5) is 11.8. The second-order valence-electron chi connectivity index (χ2n) is 5.64. The average molecular weight is 388 g/mol. The first-order valence-electron chi connectivity index (χ1n) is 7.55. The molecule has 0 aliphatic heterocycles. The first-order valence-corrected chi connectivity index (χ1v) is 7.55. The highest BCUT2D eigenvalue weighted by atomic mass is 19.4. The number of anilines is 1. The molecular formula is C18H14F6N2O. The van der Waals surface area contributed by atoms with Gasteiger partial charge in [0.25, 0.3) is 0 Å². The Kier molecular flexibility index (Phi) is 5.82. The van der Waals surface area contributed by atoms with Crippen LogP contribution in [0, 0.1) is 6.92 Å². The molecule has 0 unspecified atom stereocenters. The maximum Gasteiger partial charge on any atom is 0.416 e. The summed E-state index contributed by atoms with van der Waals surface area (Å²) in [5.41, 5.74) is -1.91. The number of amides is 2. The molecule has 0 spiro atoms. The van der Waals surface area contributed by atoms with Crippen molar-refractivity contribution in [1.29, 1.82) is 0 Å². The van der Waals surface area contributed by atoms with E-state index in [2.05, 4.69) is 5.32 Å². The van der Waals surface area contributed by atoms with E-state index in [9.17, 15) is 31.1 Å². The lowest BCUT2D eigenvalue weighted by Gasteiger charge is -2.14. The molecule has 0 radical (unpaired) electrons. The first kappa shape index (κ1) is 20.3. The van der Waals surface area contributed by atoms with Crippen molar-refractivity contribution in [2.24, 2.45) is 0 Å². The molecule has 0 aromatic heterocycles. The van der Waals surface area contributed by atoms with Crippen molar-refractivity contribution in [1.82, 2.24) is 5.32 Å². The van der Waals surface area contributed by atoms with E-state index in [-0.39, 0.29) is 6.07 Å². The Hall–Kier alpha value is -2.97. The van der Waals surface area contributed by atoms with Gasteiger partial charge in [0.15, 0.2) is 0 Å². The zero-order chi connectivity index (χ0) is 20.2. The van der Waals surface area contributed by atoms with Crippen molar-refractivity contribution in [2.45, 2.75) is 19.3 Å². The molecule has 0 aliphatic carbocycles. The second kappa shape index (κ2) is 7.73.